The Balaban J connectivity index is 1.91. The lowest BCUT2D eigenvalue weighted by molar-refractivity contribution is 0.0932. The second-order valence-electron chi connectivity index (χ2n) is 5.65. The van der Waals surface area contributed by atoms with E-state index in [2.05, 4.69) is 20.2 Å². The van der Waals surface area contributed by atoms with Crippen LogP contribution in [0, 0.1) is 0 Å². The quantitative estimate of drug-likeness (QED) is 0.799. The number of aromatic nitrogens is 2. The van der Waals surface area contributed by atoms with Gasteiger partial charge in [0, 0.05) is 38.4 Å². The number of nitrogens with one attached hydrogen (secondary N) is 1. The van der Waals surface area contributed by atoms with Crippen LogP contribution in [0.5, 0.6) is 0 Å². The Bertz CT molecular complexity index is 703. The second kappa shape index (κ2) is 8.55. The lowest BCUT2D eigenvalue weighted by atomic mass is 10.2. The third-order valence-corrected chi connectivity index (χ3v) is 3.90. The minimum absolute atomic E-state index is 0.230. The number of hydrogen-bond donors (Lipinski definition) is 1. The minimum Gasteiger partial charge on any atom is -0.383 e. The molecule has 0 spiro atoms. The van der Waals surface area contributed by atoms with Crippen molar-refractivity contribution in [2.24, 2.45) is 0 Å². The van der Waals surface area contributed by atoms with Gasteiger partial charge >= 0.3 is 0 Å². The van der Waals surface area contributed by atoms with Crippen LogP contribution in [0.25, 0.3) is 11.4 Å². The van der Waals surface area contributed by atoms with Gasteiger partial charge in [-0.2, -0.15) is 0 Å². The molecule has 1 amide bonds. The van der Waals surface area contributed by atoms with Crippen molar-refractivity contribution >= 4 is 11.7 Å². The van der Waals surface area contributed by atoms with Crippen molar-refractivity contribution in [3.63, 3.8) is 0 Å². The Kier molecular flexibility index (Phi) is 5.92. The van der Waals surface area contributed by atoms with E-state index in [9.17, 15) is 4.79 Å². The summed E-state index contributed by atoms with van der Waals surface area (Å²) in [6, 6.07) is 11.4. The number of methoxy groups -OCH3 is 1. The molecule has 1 aliphatic rings. The van der Waals surface area contributed by atoms with Crippen molar-refractivity contribution < 1.29 is 14.3 Å². The molecule has 0 aliphatic carbocycles. The standard InChI is InChI=1S/C18H22N4O3/c1-24-10-7-19-18(23)15-13-16(22-8-11-25-12-9-22)21-17(20-15)14-5-3-2-4-6-14/h2-6,13H,7-12H2,1H3,(H,19,23). The molecule has 7 heteroatoms. The van der Waals surface area contributed by atoms with Crippen LogP contribution >= 0.6 is 0 Å². The Morgan fingerprint density at radius 3 is 2.72 bits per heavy atom. The molecule has 25 heavy (non-hydrogen) atoms. The number of hydrogen-bond acceptors (Lipinski definition) is 6. The van der Waals surface area contributed by atoms with E-state index in [0.29, 0.717) is 37.9 Å². The maximum absolute atomic E-state index is 12.4. The Morgan fingerprint density at radius 1 is 1.24 bits per heavy atom. The smallest absolute Gasteiger partial charge is 0.270 e. The van der Waals surface area contributed by atoms with E-state index in [4.69, 9.17) is 9.47 Å². The van der Waals surface area contributed by atoms with Gasteiger partial charge in [0.15, 0.2) is 5.82 Å². The fourth-order valence-corrected chi connectivity index (χ4v) is 2.58. The van der Waals surface area contributed by atoms with Gasteiger partial charge in [-0.25, -0.2) is 9.97 Å². The number of carbonyl (C=O) groups is 1. The highest BCUT2D eigenvalue weighted by molar-refractivity contribution is 5.93. The number of amides is 1. The molecule has 0 atom stereocenters. The van der Waals surface area contributed by atoms with E-state index in [0.717, 1.165) is 24.5 Å². The molecule has 0 radical (unpaired) electrons. The molecule has 1 N–H and O–H groups in total. The molecule has 2 aromatic rings. The van der Waals surface area contributed by atoms with Gasteiger partial charge < -0.3 is 19.7 Å². The number of anilines is 1. The summed E-state index contributed by atoms with van der Waals surface area (Å²) in [6.45, 7) is 3.69. The fourth-order valence-electron chi connectivity index (χ4n) is 2.58. The van der Waals surface area contributed by atoms with Gasteiger partial charge in [-0.15, -0.1) is 0 Å². The highest BCUT2D eigenvalue weighted by Crippen LogP contribution is 2.21. The first-order chi connectivity index (χ1) is 12.3. The fraction of sp³-hybridized carbons (Fsp3) is 0.389. The van der Waals surface area contributed by atoms with Gasteiger partial charge in [-0.3, -0.25) is 4.79 Å². The summed E-state index contributed by atoms with van der Waals surface area (Å²) in [7, 11) is 1.60. The Hall–Kier alpha value is -2.51. The van der Waals surface area contributed by atoms with Crippen LogP contribution < -0.4 is 10.2 Å². The maximum atomic E-state index is 12.4. The molecule has 3 rings (SSSR count). The Labute approximate surface area is 147 Å². The zero-order valence-electron chi connectivity index (χ0n) is 14.3. The lowest BCUT2D eigenvalue weighted by Crippen LogP contribution is -2.37. The molecule has 132 valence electrons. The summed E-state index contributed by atoms with van der Waals surface area (Å²) in [6.07, 6.45) is 0. The summed E-state index contributed by atoms with van der Waals surface area (Å²) >= 11 is 0. The van der Waals surface area contributed by atoms with Crippen molar-refractivity contribution in [3.8, 4) is 11.4 Å². The number of morpholine rings is 1. The normalized spacial score (nSPS) is 14.4. The van der Waals surface area contributed by atoms with E-state index in [1.54, 1.807) is 13.2 Å². The predicted molar refractivity (Wildman–Crippen MR) is 94.7 cm³/mol. The van der Waals surface area contributed by atoms with Crippen LogP contribution in [0.2, 0.25) is 0 Å². The maximum Gasteiger partial charge on any atom is 0.270 e. The topological polar surface area (TPSA) is 76.6 Å². The van der Waals surface area contributed by atoms with Crippen LogP contribution in [0.4, 0.5) is 5.82 Å². The third kappa shape index (κ3) is 4.52. The number of carbonyl (C=O) groups excluding carboxylic acids is 1. The SMILES string of the molecule is COCCNC(=O)c1cc(N2CCOCC2)nc(-c2ccccc2)n1. The van der Waals surface area contributed by atoms with Crippen LogP contribution in [0.3, 0.4) is 0 Å². The molecule has 0 bridgehead atoms. The number of nitrogens with zero attached hydrogens (tertiary/aromatic N) is 3. The highest BCUT2D eigenvalue weighted by atomic mass is 16.5. The molecule has 0 saturated carbocycles. The van der Waals surface area contributed by atoms with Crippen LogP contribution in [-0.4, -0.2) is 62.4 Å². The molecule has 2 heterocycles. The molecule has 1 fully saturated rings. The van der Waals surface area contributed by atoms with Crippen LogP contribution in [0.15, 0.2) is 36.4 Å². The Morgan fingerprint density at radius 2 is 2.00 bits per heavy atom. The number of rotatable bonds is 6. The summed E-state index contributed by atoms with van der Waals surface area (Å²) in [4.78, 5) is 23.7. The van der Waals surface area contributed by atoms with E-state index < -0.39 is 0 Å². The highest BCUT2D eigenvalue weighted by Gasteiger charge is 2.18. The van der Waals surface area contributed by atoms with Crippen molar-refractivity contribution in [2.45, 2.75) is 0 Å². The molecule has 1 aromatic heterocycles. The largest absolute Gasteiger partial charge is 0.383 e. The van der Waals surface area contributed by atoms with Gasteiger partial charge in [0.2, 0.25) is 0 Å². The van der Waals surface area contributed by atoms with Crippen molar-refractivity contribution in [3.05, 3.63) is 42.1 Å². The summed E-state index contributed by atoms with van der Waals surface area (Å²) in [5, 5.41) is 2.81. The van der Waals surface area contributed by atoms with Gasteiger partial charge in [0.1, 0.15) is 11.5 Å². The lowest BCUT2D eigenvalue weighted by Gasteiger charge is -2.28. The minimum atomic E-state index is -0.230. The summed E-state index contributed by atoms with van der Waals surface area (Å²) < 4.78 is 10.4. The van der Waals surface area contributed by atoms with E-state index in [1.165, 1.54) is 0 Å². The number of ether oxygens (including phenoxy) is 2. The van der Waals surface area contributed by atoms with E-state index in [1.807, 2.05) is 30.3 Å². The summed E-state index contributed by atoms with van der Waals surface area (Å²) in [5.41, 5.74) is 1.23. The first kappa shape index (κ1) is 17.3. The molecule has 7 nitrogen and oxygen atoms in total. The van der Waals surface area contributed by atoms with Gasteiger partial charge in [-0.05, 0) is 0 Å². The van der Waals surface area contributed by atoms with Crippen molar-refractivity contribution in [1.82, 2.24) is 15.3 Å². The zero-order chi connectivity index (χ0) is 17.5. The van der Waals surface area contributed by atoms with Gasteiger partial charge in [0.05, 0.1) is 19.8 Å². The van der Waals surface area contributed by atoms with Crippen LogP contribution in [0.1, 0.15) is 10.5 Å². The van der Waals surface area contributed by atoms with Crippen molar-refractivity contribution in [2.75, 3.05) is 51.5 Å². The summed E-state index contributed by atoms with van der Waals surface area (Å²) in [5.74, 6) is 1.06. The van der Waals surface area contributed by atoms with Crippen molar-refractivity contribution in [1.29, 1.82) is 0 Å². The van der Waals surface area contributed by atoms with Gasteiger partial charge in [0.25, 0.3) is 5.91 Å². The molecular formula is C18H22N4O3. The molecular weight excluding hydrogens is 320 g/mol. The molecule has 0 unspecified atom stereocenters. The van der Waals surface area contributed by atoms with Crippen LogP contribution in [-0.2, 0) is 9.47 Å². The predicted octanol–water partition coefficient (Wildman–Crippen LogP) is 1.36. The molecule has 1 aliphatic heterocycles. The number of benzene rings is 1. The zero-order valence-corrected chi connectivity index (χ0v) is 14.3. The van der Waals surface area contributed by atoms with Gasteiger partial charge in [-0.1, -0.05) is 30.3 Å². The monoisotopic (exact) mass is 342 g/mol. The third-order valence-electron chi connectivity index (χ3n) is 3.90. The average Bonchev–Trinajstić information content (AvgIpc) is 2.69. The second-order valence-corrected chi connectivity index (χ2v) is 5.65. The first-order valence-electron chi connectivity index (χ1n) is 8.32. The van der Waals surface area contributed by atoms with E-state index >= 15 is 0 Å². The molecule has 1 aromatic carbocycles. The van der Waals surface area contributed by atoms with E-state index in [-0.39, 0.29) is 5.91 Å². The average molecular weight is 342 g/mol. The first-order valence-corrected chi connectivity index (χ1v) is 8.32. The molecule has 1 saturated heterocycles.